The van der Waals surface area contributed by atoms with Gasteiger partial charge in [-0.3, -0.25) is 4.79 Å². The highest BCUT2D eigenvalue weighted by atomic mass is 16.6. The first-order valence-corrected chi connectivity index (χ1v) is 19.2. The lowest BCUT2D eigenvalue weighted by Gasteiger charge is -2.28. The summed E-state index contributed by atoms with van der Waals surface area (Å²) in [6, 6.07) is 21.2. The average molecular weight is 768 g/mol. The fraction of sp³-hybridized carbons (Fsp3) is 0.409. The van der Waals surface area contributed by atoms with Gasteiger partial charge in [-0.25, -0.2) is 0 Å². The number of anilines is 1. The van der Waals surface area contributed by atoms with Crippen molar-refractivity contribution in [3.05, 3.63) is 94.5 Å². The highest BCUT2D eigenvalue weighted by molar-refractivity contribution is 6.02. The maximum atomic E-state index is 12.7. The van der Waals surface area contributed by atoms with Crippen LogP contribution < -0.4 is 43.8 Å². The van der Waals surface area contributed by atoms with E-state index >= 15 is 0 Å². The topological polar surface area (TPSA) is 127 Å². The van der Waals surface area contributed by atoms with Gasteiger partial charge in [0.15, 0.2) is 40.6 Å². The number of aryl methyl sites for hydroxylation is 1. The summed E-state index contributed by atoms with van der Waals surface area (Å²) in [7, 11) is 8.05. The van der Waals surface area contributed by atoms with Crippen LogP contribution in [0.15, 0.2) is 71.9 Å². The maximum absolute atomic E-state index is 12.7. The van der Waals surface area contributed by atoms with E-state index in [9.17, 15) is 4.79 Å². The number of hydrogen-bond donors (Lipinski definition) is 2. The fourth-order valence-corrected chi connectivity index (χ4v) is 6.96. The molecule has 2 atom stereocenters. The standard InChI is InChI=1S/C44H53N3O9/c1-28-14-17-33-32(22-28)44(48)46-43(45-33)30-16-19-36(38(24-30)50-3)54-20-12-10-8-7-9-11-13-21-55-39-23-29(15-18-35(39)49-2)34-27-37(56-47-34)31-25-40(51-4)42(53-6)41(26-31)52-5/h14-19,22-26,37,43,45H,7-13,20-21,27H2,1-6H3,(H,46,48). The molecule has 0 fully saturated rings. The molecular weight excluding hydrogens is 714 g/mol. The van der Waals surface area contributed by atoms with Crippen LogP contribution in [-0.4, -0.2) is 60.4 Å². The fourth-order valence-electron chi connectivity index (χ4n) is 6.96. The van der Waals surface area contributed by atoms with E-state index in [0.717, 1.165) is 78.6 Å². The normalized spacial score (nSPS) is 15.8. The molecule has 6 rings (SSSR count). The van der Waals surface area contributed by atoms with Gasteiger partial charge in [0.2, 0.25) is 5.75 Å². The number of ether oxygens (including phenoxy) is 7. The predicted molar refractivity (Wildman–Crippen MR) is 215 cm³/mol. The molecule has 0 saturated heterocycles. The molecule has 0 radical (unpaired) electrons. The van der Waals surface area contributed by atoms with Gasteiger partial charge in [-0.05, 0) is 79.9 Å². The zero-order chi connectivity index (χ0) is 39.4. The summed E-state index contributed by atoms with van der Waals surface area (Å²) >= 11 is 0. The molecule has 2 unspecified atom stereocenters. The van der Waals surface area contributed by atoms with Crippen molar-refractivity contribution >= 4 is 17.3 Å². The van der Waals surface area contributed by atoms with E-state index in [2.05, 4.69) is 15.8 Å². The molecule has 12 nitrogen and oxygen atoms in total. The number of rotatable bonds is 20. The van der Waals surface area contributed by atoms with E-state index in [1.54, 1.807) is 35.5 Å². The van der Waals surface area contributed by atoms with E-state index in [-0.39, 0.29) is 18.2 Å². The molecule has 0 bridgehead atoms. The van der Waals surface area contributed by atoms with E-state index in [4.69, 9.17) is 38.0 Å². The first-order valence-electron chi connectivity index (χ1n) is 19.2. The number of amides is 1. The molecule has 0 aliphatic carbocycles. The Bertz CT molecular complexity index is 1970. The molecule has 2 N–H and O–H groups in total. The smallest absolute Gasteiger partial charge is 0.255 e. The van der Waals surface area contributed by atoms with Gasteiger partial charge in [-0.15, -0.1) is 0 Å². The highest BCUT2D eigenvalue weighted by Gasteiger charge is 2.28. The summed E-state index contributed by atoms with van der Waals surface area (Å²) in [5.41, 5.74) is 6.03. The second-order valence-electron chi connectivity index (χ2n) is 13.8. The molecule has 2 aliphatic rings. The Hall–Kier alpha value is -5.78. The summed E-state index contributed by atoms with van der Waals surface area (Å²) < 4.78 is 40.0. The Morgan fingerprint density at radius 2 is 1.25 bits per heavy atom. The number of methoxy groups -OCH3 is 5. The van der Waals surface area contributed by atoms with Crippen LogP contribution in [0.2, 0.25) is 0 Å². The molecule has 2 aliphatic heterocycles. The number of nitrogens with one attached hydrogen (secondary N) is 2. The van der Waals surface area contributed by atoms with Crippen LogP contribution in [0.4, 0.5) is 5.69 Å². The Morgan fingerprint density at radius 1 is 0.625 bits per heavy atom. The van der Waals surface area contributed by atoms with Crippen LogP contribution in [-0.2, 0) is 4.84 Å². The van der Waals surface area contributed by atoms with Crippen LogP contribution in [0.25, 0.3) is 0 Å². The molecule has 0 aromatic heterocycles. The third-order valence-electron chi connectivity index (χ3n) is 10.0. The second kappa shape index (κ2) is 19.2. The van der Waals surface area contributed by atoms with Gasteiger partial charge >= 0.3 is 0 Å². The van der Waals surface area contributed by atoms with E-state index < -0.39 is 0 Å². The largest absolute Gasteiger partial charge is 0.493 e. The summed E-state index contributed by atoms with van der Waals surface area (Å²) in [6.45, 7) is 3.18. The molecule has 4 aromatic carbocycles. The van der Waals surface area contributed by atoms with Crippen LogP contribution >= 0.6 is 0 Å². The third kappa shape index (κ3) is 9.53. The third-order valence-corrected chi connectivity index (χ3v) is 10.0. The lowest BCUT2D eigenvalue weighted by atomic mass is 9.99. The van der Waals surface area contributed by atoms with Crippen molar-refractivity contribution in [2.45, 2.75) is 70.6 Å². The average Bonchev–Trinajstić information content (AvgIpc) is 3.73. The monoisotopic (exact) mass is 767 g/mol. The molecule has 2 heterocycles. The second-order valence-corrected chi connectivity index (χ2v) is 13.8. The van der Waals surface area contributed by atoms with Crippen LogP contribution in [0.1, 0.15) is 96.2 Å². The van der Waals surface area contributed by atoms with Crippen molar-refractivity contribution in [1.82, 2.24) is 5.32 Å². The number of hydrogen-bond acceptors (Lipinski definition) is 11. The van der Waals surface area contributed by atoms with Crippen molar-refractivity contribution in [2.75, 3.05) is 54.1 Å². The maximum Gasteiger partial charge on any atom is 0.255 e. The van der Waals surface area contributed by atoms with Crippen molar-refractivity contribution < 1.29 is 42.8 Å². The van der Waals surface area contributed by atoms with Crippen molar-refractivity contribution in [3.8, 4) is 40.2 Å². The summed E-state index contributed by atoms with van der Waals surface area (Å²) in [5.74, 6) is 4.28. The Labute approximate surface area is 329 Å². The van der Waals surface area contributed by atoms with Gasteiger partial charge in [-0.1, -0.05) is 55.0 Å². The number of oxime groups is 1. The first-order chi connectivity index (χ1) is 27.3. The Morgan fingerprint density at radius 3 is 1.91 bits per heavy atom. The number of carbonyl (C=O) groups excluding carboxylic acids is 1. The predicted octanol–water partition coefficient (Wildman–Crippen LogP) is 8.95. The number of nitrogens with zero attached hydrogens (tertiary/aromatic N) is 1. The van der Waals surface area contributed by atoms with Crippen LogP contribution in [0, 0.1) is 6.92 Å². The summed E-state index contributed by atoms with van der Waals surface area (Å²) in [5, 5.41) is 10.8. The van der Waals surface area contributed by atoms with Gasteiger partial charge in [0, 0.05) is 23.2 Å². The SMILES string of the molecule is COc1cc(C2NC(=O)c3cc(C)ccc3N2)ccc1OCCCCCCCCCOc1cc(C2=NOC(c3cc(OC)c(OC)c(OC)c3)C2)ccc1OC. The van der Waals surface area contributed by atoms with E-state index in [1.165, 1.54) is 0 Å². The first kappa shape index (κ1) is 39.9. The zero-order valence-electron chi connectivity index (χ0n) is 33.2. The van der Waals surface area contributed by atoms with Gasteiger partial charge in [0.1, 0.15) is 6.17 Å². The minimum absolute atomic E-state index is 0.0983. The zero-order valence-corrected chi connectivity index (χ0v) is 33.2. The molecular formula is C44H53N3O9. The molecule has 4 aromatic rings. The van der Waals surface area contributed by atoms with Gasteiger partial charge in [0.05, 0.1) is 60.0 Å². The molecule has 298 valence electrons. The summed E-state index contributed by atoms with van der Waals surface area (Å²) in [4.78, 5) is 18.6. The number of unbranched alkanes of at least 4 members (excludes halogenated alkanes) is 6. The minimum atomic E-state index is -0.355. The van der Waals surface area contributed by atoms with Crippen molar-refractivity contribution in [3.63, 3.8) is 0 Å². The number of benzene rings is 4. The van der Waals surface area contributed by atoms with Crippen molar-refractivity contribution in [1.29, 1.82) is 0 Å². The number of carbonyl (C=O) groups is 1. The quantitative estimate of drug-likeness (QED) is 0.0842. The molecule has 12 heteroatoms. The minimum Gasteiger partial charge on any atom is -0.493 e. The summed E-state index contributed by atoms with van der Waals surface area (Å²) in [6.07, 6.45) is 7.46. The molecule has 0 spiro atoms. The Kier molecular flexibility index (Phi) is 13.7. The Balaban J connectivity index is 0.881. The number of fused-ring (bicyclic) bond motifs is 1. The highest BCUT2D eigenvalue weighted by Crippen LogP contribution is 2.43. The van der Waals surface area contributed by atoms with Crippen molar-refractivity contribution in [2.24, 2.45) is 5.16 Å². The van der Waals surface area contributed by atoms with Crippen LogP contribution in [0.5, 0.6) is 40.2 Å². The van der Waals surface area contributed by atoms with Gasteiger partial charge in [-0.2, -0.15) is 0 Å². The molecule has 56 heavy (non-hydrogen) atoms. The lowest BCUT2D eigenvalue weighted by Crippen LogP contribution is -2.38. The van der Waals surface area contributed by atoms with E-state index in [0.29, 0.717) is 65.4 Å². The molecule has 0 saturated carbocycles. The lowest BCUT2D eigenvalue weighted by molar-refractivity contribution is 0.0853. The van der Waals surface area contributed by atoms with Crippen LogP contribution in [0.3, 0.4) is 0 Å². The van der Waals surface area contributed by atoms with Gasteiger partial charge < -0.3 is 48.6 Å². The van der Waals surface area contributed by atoms with E-state index in [1.807, 2.05) is 73.7 Å². The molecule has 1 amide bonds. The van der Waals surface area contributed by atoms with Gasteiger partial charge in [0.25, 0.3) is 5.91 Å².